The molecule has 1 fully saturated rings. The Kier molecular flexibility index (Phi) is 7.23. The van der Waals surface area contributed by atoms with E-state index in [1.165, 1.54) is 31.9 Å². The van der Waals surface area contributed by atoms with Gasteiger partial charge in [0.25, 0.3) is 0 Å². The number of rotatable bonds is 4. The van der Waals surface area contributed by atoms with Gasteiger partial charge in [-0.2, -0.15) is 26.3 Å². The molecular formula is C24H24F8N2O. The van der Waals surface area contributed by atoms with Crippen LogP contribution in [0, 0.1) is 11.6 Å². The molecule has 0 aliphatic carbocycles. The van der Waals surface area contributed by atoms with Crippen LogP contribution in [0.5, 0.6) is 0 Å². The number of likely N-dealkylation sites (N-methyl/N-ethyl adjacent to an activating group) is 1. The zero-order valence-corrected chi connectivity index (χ0v) is 19.1. The van der Waals surface area contributed by atoms with Gasteiger partial charge >= 0.3 is 12.4 Å². The van der Waals surface area contributed by atoms with E-state index < -0.39 is 64.0 Å². The first-order valence-corrected chi connectivity index (χ1v) is 10.8. The van der Waals surface area contributed by atoms with Gasteiger partial charge in [-0.05, 0) is 62.2 Å². The van der Waals surface area contributed by atoms with E-state index >= 15 is 0 Å². The second kappa shape index (κ2) is 9.40. The molecule has 0 unspecified atom stereocenters. The van der Waals surface area contributed by atoms with Crippen LogP contribution in [0.4, 0.5) is 35.1 Å². The van der Waals surface area contributed by atoms with Crippen molar-refractivity contribution in [2.24, 2.45) is 0 Å². The van der Waals surface area contributed by atoms with Crippen LogP contribution < -0.4 is 5.32 Å². The minimum Gasteiger partial charge on any atom is -0.341 e. The number of alkyl halides is 6. The van der Waals surface area contributed by atoms with Crippen molar-refractivity contribution in [1.82, 2.24) is 10.2 Å². The Hall–Kier alpha value is -2.69. The van der Waals surface area contributed by atoms with Gasteiger partial charge in [0.15, 0.2) is 0 Å². The van der Waals surface area contributed by atoms with Crippen LogP contribution in [0.2, 0.25) is 0 Å². The number of nitrogens with zero attached hydrogens (tertiary/aromatic N) is 1. The Morgan fingerprint density at radius 2 is 1.46 bits per heavy atom. The van der Waals surface area contributed by atoms with Crippen LogP contribution in [-0.2, 0) is 22.6 Å². The Bertz CT molecular complexity index is 1060. The Morgan fingerprint density at radius 1 is 0.914 bits per heavy atom. The molecule has 0 bridgehead atoms. The number of hydrogen-bond donors (Lipinski definition) is 1. The van der Waals surface area contributed by atoms with E-state index in [2.05, 4.69) is 5.32 Å². The number of piperidine rings is 1. The Balaban J connectivity index is 2.00. The maximum absolute atomic E-state index is 14.5. The summed E-state index contributed by atoms with van der Waals surface area (Å²) >= 11 is 0. The maximum Gasteiger partial charge on any atom is 0.416 e. The van der Waals surface area contributed by atoms with Crippen LogP contribution in [0.15, 0.2) is 36.4 Å². The number of halogens is 8. The molecule has 192 valence electrons. The highest BCUT2D eigenvalue weighted by Gasteiger charge is 2.43. The van der Waals surface area contributed by atoms with Crippen molar-refractivity contribution < 1.29 is 39.9 Å². The van der Waals surface area contributed by atoms with E-state index in [9.17, 15) is 39.9 Å². The summed E-state index contributed by atoms with van der Waals surface area (Å²) in [7, 11) is 1.38. The quantitative estimate of drug-likeness (QED) is 0.523. The first-order valence-electron chi connectivity index (χ1n) is 10.8. The fourth-order valence-corrected chi connectivity index (χ4v) is 4.46. The number of carbonyl (C=O) groups excluding carboxylic acids is 1. The number of hydrogen-bond acceptors (Lipinski definition) is 2. The molecule has 1 N–H and O–H groups in total. The molecule has 1 aliphatic rings. The zero-order chi connectivity index (χ0) is 26.3. The number of nitrogens with one attached hydrogen (secondary N) is 1. The maximum atomic E-state index is 14.5. The van der Waals surface area contributed by atoms with Crippen molar-refractivity contribution in [2.75, 3.05) is 20.1 Å². The van der Waals surface area contributed by atoms with Gasteiger partial charge in [0.1, 0.15) is 11.6 Å². The average molecular weight is 508 g/mol. The Morgan fingerprint density at radius 3 is 1.97 bits per heavy atom. The second-order valence-electron chi connectivity index (χ2n) is 9.17. The minimum atomic E-state index is -5.05. The van der Waals surface area contributed by atoms with E-state index in [4.69, 9.17) is 0 Å². The monoisotopic (exact) mass is 508 g/mol. The van der Waals surface area contributed by atoms with Gasteiger partial charge in [-0.15, -0.1) is 0 Å². The van der Waals surface area contributed by atoms with Crippen molar-refractivity contribution in [3.8, 4) is 0 Å². The third-order valence-electron chi connectivity index (χ3n) is 6.47. The molecule has 3 nitrogen and oxygen atoms in total. The van der Waals surface area contributed by atoms with Gasteiger partial charge in [0.05, 0.1) is 16.5 Å². The lowest BCUT2D eigenvalue weighted by Crippen LogP contribution is -2.53. The highest BCUT2D eigenvalue weighted by Crippen LogP contribution is 2.40. The molecule has 2 atom stereocenters. The van der Waals surface area contributed by atoms with E-state index in [1.54, 1.807) is 0 Å². The summed E-state index contributed by atoms with van der Waals surface area (Å²) in [6.45, 7) is 3.18. The van der Waals surface area contributed by atoms with Crippen LogP contribution >= 0.6 is 0 Å². The molecule has 1 saturated heterocycles. The lowest BCUT2D eigenvalue weighted by Gasteiger charge is -2.42. The van der Waals surface area contributed by atoms with Gasteiger partial charge in [-0.25, -0.2) is 8.78 Å². The molecular weight excluding hydrogens is 484 g/mol. The van der Waals surface area contributed by atoms with Crippen LogP contribution in [0.1, 0.15) is 48.4 Å². The molecule has 0 spiro atoms. The van der Waals surface area contributed by atoms with Crippen LogP contribution in [-0.4, -0.2) is 37.0 Å². The van der Waals surface area contributed by atoms with E-state index in [1.807, 2.05) is 0 Å². The summed E-state index contributed by atoms with van der Waals surface area (Å²) in [4.78, 5) is 14.7. The normalized spacial score (nSPS) is 19.5. The lowest BCUT2D eigenvalue weighted by atomic mass is 9.79. The van der Waals surface area contributed by atoms with E-state index in [0.29, 0.717) is 31.2 Å². The largest absolute Gasteiger partial charge is 0.416 e. The van der Waals surface area contributed by atoms with Gasteiger partial charge in [0, 0.05) is 31.6 Å². The predicted octanol–water partition coefficient (Wildman–Crippen LogP) is 5.88. The predicted molar refractivity (Wildman–Crippen MR) is 113 cm³/mol. The molecule has 11 heteroatoms. The third kappa shape index (κ3) is 5.60. The lowest BCUT2D eigenvalue weighted by molar-refractivity contribution is -0.144. The first kappa shape index (κ1) is 26.9. The molecule has 2 aromatic carbocycles. The average Bonchev–Trinajstić information content (AvgIpc) is 2.76. The molecule has 1 aliphatic heterocycles. The summed E-state index contributed by atoms with van der Waals surface area (Å²) in [5.41, 5.74) is -5.10. The van der Waals surface area contributed by atoms with Crippen molar-refractivity contribution in [3.05, 3.63) is 70.3 Å². The molecule has 0 saturated carbocycles. The first-order chi connectivity index (χ1) is 16.0. The van der Waals surface area contributed by atoms with Crippen LogP contribution in [0.25, 0.3) is 0 Å². The standard InChI is InChI=1S/C24H24F8N2O/c1-22(2,13-8-14(23(27,28)29)10-15(9-13)24(30,31)32)21(35)34(3)20-6-7-33-12-18(20)17-5-4-16(25)11-19(17)26/h4-5,8-11,18,20,33H,6-7,12H2,1-3H3/t18-,20+/m1/s1. The molecule has 0 radical (unpaired) electrons. The van der Waals surface area contributed by atoms with Crippen molar-refractivity contribution in [3.63, 3.8) is 0 Å². The van der Waals surface area contributed by atoms with Gasteiger partial charge < -0.3 is 10.2 Å². The molecule has 1 heterocycles. The van der Waals surface area contributed by atoms with Gasteiger partial charge in [-0.1, -0.05) is 6.07 Å². The molecule has 0 aromatic heterocycles. The fourth-order valence-electron chi connectivity index (χ4n) is 4.46. The van der Waals surface area contributed by atoms with Crippen molar-refractivity contribution in [1.29, 1.82) is 0 Å². The molecule has 2 aromatic rings. The third-order valence-corrected chi connectivity index (χ3v) is 6.47. The topological polar surface area (TPSA) is 32.3 Å². The Labute approximate surface area is 197 Å². The number of carbonyl (C=O) groups is 1. The molecule has 35 heavy (non-hydrogen) atoms. The highest BCUT2D eigenvalue weighted by atomic mass is 19.4. The van der Waals surface area contributed by atoms with Crippen LogP contribution in [0.3, 0.4) is 0 Å². The summed E-state index contributed by atoms with van der Waals surface area (Å²) < 4.78 is 108. The highest BCUT2D eigenvalue weighted by molar-refractivity contribution is 5.87. The van der Waals surface area contributed by atoms with Crippen molar-refractivity contribution >= 4 is 5.91 Å². The number of benzene rings is 2. The van der Waals surface area contributed by atoms with Gasteiger partial charge in [0.2, 0.25) is 5.91 Å². The smallest absolute Gasteiger partial charge is 0.341 e. The molecule has 3 rings (SSSR count). The fraction of sp³-hybridized carbons (Fsp3) is 0.458. The summed E-state index contributed by atoms with van der Waals surface area (Å²) in [6, 6.07) is 3.53. The summed E-state index contributed by atoms with van der Waals surface area (Å²) in [6.07, 6.45) is -9.77. The molecule has 1 amide bonds. The summed E-state index contributed by atoms with van der Waals surface area (Å²) in [5, 5.41) is 3.07. The van der Waals surface area contributed by atoms with E-state index in [0.717, 1.165) is 6.07 Å². The summed E-state index contributed by atoms with van der Waals surface area (Å²) in [5.74, 6) is -2.93. The van der Waals surface area contributed by atoms with Crippen molar-refractivity contribution in [2.45, 2.75) is 50.0 Å². The van der Waals surface area contributed by atoms with Gasteiger partial charge in [-0.3, -0.25) is 4.79 Å². The second-order valence-corrected chi connectivity index (χ2v) is 9.17. The van der Waals surface area contributed by atoms with E-state index in [-0.39, 0.29) is 18.2 Å². The zero-order valence-electron chi connectivity index (χ0n) is 19.1. The minimum absolute atomic E-state index is 0.00785. The number of amides is 1. The SMILES string of the molecule is CN(C(=O)C(C)(C)c1cc(C(F)(F)F)cc(C(F)(F)F)c1)[C@H]1CCNC[C@@H]1c1ccc(F)cc1F.